The van der Waals surface area contributed by atoms with E-state index in [1.54, 1.807) is 18.2 Å². The highest BCUT2D eigenvalue weighted by Gasteiger charge is 2.25. The highest BCUT2D eigenvalue weighted by molar-refractivity contribution is 5.91. The summed E-state index contributed by atoms with van der Waals surface area (Å²) in [5, 5.41) is 11.1. The third kappa shape index (κ3) is 4.68. The maximum Gasteiger partial charge on any atom is 0.271 e. The molecule has 1 aliphatic carbocycles. The number of hydrogen-bond acceptors (Lipinski definition) is 5. The van der Waals surface area contributed by atoms with Gasteiger partial charge in [-0.1, -0.05) is 12.1 Å². The number of carbonyl (C=O) groups excluding carboxylic acids is 1. The summed E-state index contributed by atoms with van der Waals surface area (Å²) < 4.78 is 15.5. The van der Waals surface area contributed by atoms with Gasteiger partial charge in [0.15, 0.2) is 0 Å². The number of carbonyl (C=O) groups is 1. The fourth-order valence-corrected chi connectivity index (χ4v) is 3.03. The molecule has 0 radical (unpaired) electrons. The number of amides is 1. The molecule has 0 atom stereocenters. The Balaban J connectivity index is 1.40. The quantitative estimate of drug-likeness (QED) is 0.634. The first-order valence-electron chi connectivity index (χ1n) is 9.68. The molecule has 0 spiro atoms. The van der Waals surface area contributed by atoms with Crippen LogP contribution in [0.2, 0.25) is 0 Å². The summed E-state index contributed by atoms with van der Waals surface area (Å²) in [6, 6.07) is 11.6. The van der Waals surface area contributed by atoms with Crippen LogP contribution in [0, 0.1) is 5.82 Å². The number of hydrogen-bond donors (Lipinski definition) is 1. The molecule has 0 unspecified atom stereocenters. The number of halogens is 1. The van der Waals surface area contributed by atoms with Crippen LogP contribution < -0.4 is 16.4 Å². The molecule has 9 heteroatoms. The van der Waals surface area contributed by atoms with Crippen molar-refractivity contribution in [3.63, 3.8) is 0 Å². The fourth-order valence-electron chi connectivity index (χ4n) is 3.03. The lowest BCUT2D eigenvalue weighted by molar-refractivity contribution is 0.0944. The molecule has 8 nitrogen and oxygen atoms in total. The van der Waals surface area contributed by atoms with E-state index in [1.165, 1.54) is 35.0 Å². The topological polar surface area (TPSA) is 98.9 Å². The van der Waals surface area contributed by atoms with Crippen LogP contribution in [0.25, 0.3) is 0 Å². The average molecular weight is 409 g/mol. The SMILES string of the molecule is O=C(NCCn1nc(C2CC2)ccc1=O)c1ccc(=O)n(Cc2ccc(F)cc2)n1. The molecule has 1 aromatic carbocycles. The normalized spacial score (nSPS) is 13.2. The zero-order valence-electron chi connectivity index (χ0n) is 16.1. The highest BCUT2D eigenvalue weighted by Crippen LogP contribution is 2.38. The molecule has 1 amide bonds. The second kappa shape index (κ2) is 8.40. The molecule has 2 heterocycles. The van der Waals surface area contributed by atoms with Gasteiger partial charge < -0.3 is 5.32 Å². The van der Waals surface area contributed by atoms with E-state index in [0.29, 0.717) is 11.5 Å². The molecule has 1 saturated carbocycles. The largest absolute Gasteiger partial charge is 0.349 e. The molecule has 2 aromatic heterocycles. The number of nitrogens with one attached hydrogen (secondary N) is 1. The third-order valence-corrected chi connectivity index (χ3v) is 4.84. The number of rotatable bonds is 7. The van der Waals surface area contributed by atoms with Gasteiger partial charge in [0, 0.05) is 24.6 Å². The lowest BCUT2D eigenvalue weighted by Gasteiger charge is -2.09. The Morgan fingerprint density at radius 2 is 1.67 bits per heavy atom. The van der Waals surface area contributed by atoms with Crippen LogP contribution in [-0.4, -0.2) is 32.0 Å². The lowest BCUT2D eigenvalue weighted by atomic mass is 10.2. The van der Waals surface area contributed by atoms with Gasteiger partial charge in [0.25, 0.3) is 17.0 Å². The molecular formula is C21H20FN5O3. The van der Waals surface area contributed by atoms with Crippen LogP contribution in [0.15, 0.2) is 58.1 Å². The Kier molecular flexibility index (Phi) is 5.51. The van der Waals surface area contributed by atoms with Crippen LogP contribution >= 0.6 is 0 Å². The maximum absolute atomic E-state index is 13.0. The standard InChI is InChI=1S/C21H20FN5O3/c22-16-5-1-14(2-6-16)13-27-20(29)10-8-18(25-27)21(30)23-11-12-26-19(28)9-7-17(24-26)15-3-4-15/h1-2,5-10,15H,3-4,11-13H2,(H,23,30). The molecule has 1 N–H and O–H groups in total. The average Bonchev–Trinajstić information content (AvgIpc) is 3.58. The first-order chi connectivity index (χ1) is 14.5. The van der Waals surface area contributed by atoms with Gasteiger partial charge >= 0.3 is 0 Å². The van der Waals surface area contributed by atoms with E-state index in [4.69, 9.17) is 0 Å². The van der Waals surface area contributed by atoms with Gasteiger partial charge in [-0.25, -0.2) is 13.8 Å². The molecule has 0 bridgehead atoms. The van der Waals surface area contributed by atoms with Crippen molar-refractivity contribution in [2.45, 2.75) is 31.8 Å². The fraction of sp³-hybridized carbons (Fsp3) is 0.286. The zero-order chi connectivity index (χ0) is 21.1. The molecule has 0 aliphatic heterocycles. The van der Waals surface area contributed by atoms with Crippen molar-refractivity contribution in [2.24, 2.45) is 0 Å². The Morgan fingerprint density at radius 3 is 2.40 bits per heavy atom. The second-order valence-corrected chi connectivity index (χ2v) is 7.19. The highest BCUT2D eigenvalue weighted by atomic mass is 19.1. The smallest absolute Gasteiger partial charge is 0.271 e. The van der Waals surface area contributed by atoms with Crippen molar-refractivity contribution in [3.8, 4) is 0 Å². The van der Waals surface area contributed by atoms with Gasteiger partial charge in [0.2, 0.25) is 0 Å². The first-order valence-corrected chi connectivity index (χ1v) is 9.68. The minimum atomic E-state index is -0.464. The Morgan fingerprint density at radius 1 is 0.967 bits per heavy atom. The van der Waals surface area contributed by atoms with Gasteiger partial charge in [-0.15, -0.1) is 0 Å². The Hall–Kier alpha value is -3.62. The van der Waals surface area contributed by atoms with E-state index in [0.717, 1.165) is 23.2 Å². The van der Waals surface area contributed by atoms with Crippen LogP contribution in [0.3, 0.4) is 0 Å². The van der Waals surface area contributed by atoms with Gasteiger partial charge in [-0.3, -0.25) is 14.4 Å². The third-order valence-electron chi connectivity index (χ3n) is 4.84. The minimum absolute atomic E-state index is 0.0729. The molecule has 154 valence electrons. The molecule has 3 aromatic rings. The molecule has 1 fully saturated rings. The number of aromatic nitrogens is 4. The summed E-state index contributed by atoms with van der Waals surface area (Å²) >= 11 is 0. The number of nitrogens with zero attached hydrogens (tertiary/aromatic N) is 4. The van der Waals surface area contributed by atoms with Crippen molar-refractivity contribution >= 4 is 5.91 Å². The summed E-state index contributed by atoms with van der Waals surface area (Å²) in [5.41, 5.74) is 1.06. The van der Waals surface area contributed by atoms with Crippen LogP contribution in [0.5, 0.6) is 0 Å². The molecule has 1 aliphatic rings. The summed E-state index contributed by atoms with van der Waals surface area (Å²) in [6.45, 7) is 0.548. The first kappa shape index (κ1) is 19.7. The van der Waals surface area contributed by atoms with Crippen molar-refractivity contribution in [2.75, 3.05) is 6.54 Å². The van der Waals surface area contributed by atoms with Crippen molar-refractivity contribution in [3.05, 3.63) is 92.0 Å². The monoisotopic (exact) mass is 409 g/mol. The van der Waals surface area contributed by atoms with Crippen LogP contribution in [0.1, 0.15) is 40.5 Å². The van der Waals surface area contributed by atoms with Crippen LogP contribution in [0.4, 0.5) is 4.39 Å². The molecular weight excluding hydrogens is 389 g/mol. The van der Waals surface area contributed by atoms with Gasteiger partial charge in [-0.2, -0.15) is 10.2 Å². The summed E-state index contributed by atoms with van der Waals surface area (Å²) in [5.74, 6) is -0.407. The van der Waals surface area contributed by atoms with Gasteiger partial charge in [0.1, 0.15) is 11.5 Å². The number of benzene rings is 1. The van der Waals surface area contributed by atoms with E-state index < -0.39 is 5.91 Å². The van der Waals surface area contributed by atoms with Crippen molar-refractivity contribution in [1.29, 1.82) is 0 Å². The van der Waals surface area contributed by atoms with Crippen LogP contribution in [-0.2, 0) is 13.1 Å². The van der Waals surface area contributed by atoms with Crippen molar-refractivity contribution < 1.29 is 9.18 Å². The van der Waals surface area contributed by atoms with E-state index in [2.05, 4.69) is 15.5 Å². The zero-order valence-corrected chi connectivity index (χ0v) is 16.1. The summed E-state index contributed by atoms with van der Waals surface area (Å²) in [4.78, 5) is 36.4. The Bertz CT molecular complexity index is 1180. The maximum atomic E-state index is 13.0. The van der Waals surface area contributed by atoms with E-state index in [-0.39, 0.29) is 42.3 Å². The summed E-state index contributed by atoms with van der Waals surface area (Å²) in [7, 11) is 0. The Labute approximate surface area is 171 Å². The predicted molar refractivity (Wildman–Crippen MR) is 107 cm³/mol. The molecule has 4 rings (SSSR count). The van der Waals surface area contributed by atoms with E-state index in [9.17, 15) is 18.8 Å². The van der Waals surface area contributed by atoms with E-state index >= 15 is 0 Å². The van der Waals surface area contributed by atoms with Crippen molar-refractivity contribution in [1.82, 2.24) is 24.9 Å². The van der Waals surface area contributed by atoms with E-state index in [1.807, 2.05) is 0 Å². The van der Waals surface area contributed by atoms with Gasteiger partial charge in [-0.05, 0) is 42.7 Å². The second-order valence-electron chi connectivity index (χ2n) is 7.19. The van der Waals surface area contributed by atoms with Gasteiger partial charge in [0.05, 0.1) is 18.8 Å². The molecule has 0 saturated heterocycles. The lowest BCUT2D eigenvalue weighted by Crippen LogP contribution is -2.34. The summed E-state index contributed by atoms with van der Waals surface area (Å²) in [6.07, 6.45) is 2.17. The molecule has 30 heavy (non-hydrogen) atoms. The predicted octanol–water partition coefficient (Wildman–Crippen LogP) is 1.29. The minimum Gasteiger partial charge on any atom is -0.349 e.